The van der Waals surface area contributed by atoms with Gasteiger partial charge < -0.3 is 0 Å². The van der Waals surface area contributed by atoms with Crippen LogP contribution in [0.15, 0.2) is 23.0 Å². The van der Waals surface area contributed by atoms with Crippen LogP contribution in [0.5, 0.6) is 0 Å². The maximum atomic E-state index is 12.2. The van der Waals surface area contributed by atoms with Gasteiger partial charge >= 0.3 is 5.69 Å². The molecule has 2 aromatic rings. The van der Waals surface area contributed by atoms with Crippen molar-refractivity contribution in [1.82, 2.24) is 20.0 Å². The fourth-order valence-corrected chi connectivity index (χ4v) is 2.50. The lowest BCUT2D eigenvalue weighted by atomic mass is 10.2. The van der Waals surface area contributed by atoms with E-state index in [0.717, 1.165) is 13.0 Å². The van der Waals surface area contributed by atoms with Gasteiger partial charge in [0, 0.05) is 13.1 Å². The largest absolute Gasteiger partial charge is 0.352 e. The highest BCUT2D eigenvalue weighted by molar-refractivity contribution is 6.39. The second kappa shape index (κ2) is 7.58. The van der Waals surface area contributed by atoms with Crippen LogP contribution in [-0.2, 0) is 6.54 Å². The predicted octanol–water partition coefficient (Wildman–Crippen LogP) is 2.96. The minimum atomic E-state index is -0.413. The first-order valence-electron chi connectivity index (χ1n) is 7.00. The van der Waals surface area contributed by atoms with E-state index in [-0.39, 0.29) is 5.95 Å². The molecule has 118 valence electrons. The molecule has 8 heteroatoms. The highest BCUT2D eigenvalue weighted by Crippen LogP contribution is 2.33. The van der Waals surface area contributed by atoms with E-state index in [0.29, 0.717) is 28.0 Å². The zero-order valence-electron chi connectivity index (χ0n) is 12.4. The second-order valence-electron chi connectivity index (χ2n) is 4.55. The number of benzene rings is 1. The molecule has 2 N–H and O–H groups in total. The molecule has 1 heterocycles. The molecule has 0 unspecified atom stereocenters. The number of hydrogen-bond acceptors (Lipinski definition) is 5. The summed E-state index contributed by atoms with van der Waals surface area (Å²) in [7, 11) is 0. The van der Waals surface area contributed by atoms with Crippen LogP contribution in [0.2, 0.25) is 10.0 Å². The zero-order chi connectivity index (χ0) is 16.1. The highest BCUT2D eigenvalue weighted by Gasteiger charge is 2.16. The van der Waals surface area contributed by atoms with Crippen LogP contribution in [0, 0.1) is 0 Å². The average Bonchev–Trinajstić information content (AvgIpc) is 2.47. The molecule has 22 heavy (non-hydrogen) atoms. The maximum Gasteiger partial charge on any atom is 0.352 e. The Morgan fingerprint density at radius 3 is 2.45 bits per heavy atom. The lowest BCUT2D eigenvalue weighted by molar-refractivity contribution is 0.677. The molecule has 0 radical (unpaired) electrons. The molecule has 0 saturated carbocycles. The van der Waals surface area contributed by atoms with Crippen LogP contribution in [0.4, 0.5) is 5.95 Å². The zero-order valence-corrected chi connectivity index (χ0v) is 13.9. The first-order chi connectivity index (χ1) is 10.6. The molecule has 1 aromatic carbocycles. The average molecular weight is 342 g/mol. The summed E-state index contributed by atoms with van der Waals surface area (Å²) in [5.41, 5.74) is 5.86. The fourth-order valence-electron chi connectivity index (χ4n) is 1.94. The molecule has 0 aliphatic rings. The summed E-state index contributed by atoms with van der Waals surface area (Å²) in [5, 5.41) is 0.862. The summed E-state index contributed by atoms with van der Waals surface area (Å²) in [5.74, 6) is 0.577. The second-order valence-corrected chi connectivity index (χ2v) is 5.36. The van der Waals surface area contributed by atoms with E-state index in [1.54, 1.807) is 18.2 Å². The Morgan fingerprint density at radius 2 is 1.86 bits per heavy atom. The Balaban J connectivity index is 2.55. The Labute approximate surface area is 138 Å². The predicted molar refractivity (Wildman–Crippen MR) is 89.3 cm³/mol. The van der Waals surface area contributed by atoms with Gasteiger partial charge in [0.2, 0.25) is 5.95 Å². The van der Waals surface area contributed by atoms with Gasteiger partial charge in [-0.1, -0.05) is 36.2 Å². The minimum absolute atomic E-state index is 0.189. The summed E-state index contributed by atoms with van der Waals surface area (Å²) >= 11 is 12.5. The van der Waals surface area contributed by atoms with Crippen LogP contribution in [0.1, 0.15) is 20.3 Å². The smallest absolute Gasteiger partial charge is 0.289 e. The standard InChI is InChI=1S/C14H17Cl2N5O/c1-3-8-17-20-13-18-12(21(4-2)14(22)19-13)11-9(15)6-5-7-10(11)16/h5-7,17H,3-4,8H2,1-2H3,(H,19,20,22). The van der Waals surface area contributed by atoms with E-state index < -0.39 is 5.69 Å². The Hall–Kier alpha value is -1.63. The molecule has 1 aromatic heterocycles. The van der Waals surface area contributed by atoms with E-state index in [2.05, 4.69) is 20.8 Å². The van der Waals surface area contributed by atoms with Gasteiger partial charge in [-0.2, -0.15) is 9.97 Å². The van der Waals surface area contributed by atoms with Gasteiger partial charge in [-0.15, -0.1) is 0 Å². The third-order valence-electron chi connectivity index (χ3n) is 2.98. The number of nitrogens with one attached hydrogen (secondary N) is 2. The van der Waals surface area contributed by atoms with Crippen molar-refractivity contribution in [3.8, 4) is 11.4 Å². The summed E-state index contributed by atoms with van der Waals surface area (Å²) in [6.07, 6.45) is 0.933. The Bertz CT molecular complexity index is 697. The highest BCUT2D eigenvalue weighted by atomic mass is 35.5. The molecule has 0 aliphatic heterocycles. The van der Waals surface area contributed by atoms with Crippen molar-refractivity contribution in [2.24, 2.45) is 0 Å². The van der Waals surface area contributed by atoms with E-state index in [1.807, 2.05) is 13.8 Å². The van der Waals surface area contributed by atoms with Crippen LogP contribution in [0.25, 0.3) is 11.4 Å². The van der Waals surface area contributed by atoms with Gasteiger partial charge in [0.25, 0.3) is 0 Å². The Morgan fingerprint density at radius 1 is 1.18 bits per heavy atom. The first kappa shape index (κ1) is 16.7. The third-order valence-corrected chi connectivity index (χ3v) is 3.61. The van der Waals surface area contributed by atoms with Crippen molar-refractivity contribution >= 4 is 29.2 Å². The molecular formula is C14H17Cl2N5O. The molecule has 0 atom stereocenters. The van der Waals surface area contributed by atoms with Crippen molar-refractivity contribution in [1.29, 1.82) is 0 Å². The molecule has 0 bridgehead atoms. The minimum Gasteiger partial charge on any atom is -0.289 e. The normalized spacial score (nSPS) is 10.7. The Kier molecular flexibility index (Phi) is 5.76. The topological polar surface area (TPSA) is 71.8 Å². The molecule has 6 nitrogen and oxygen atoms in total. The van der Waals surface area contributed by atoms with Crippen LogP contribution < -0.4 is 16.5 Å². The summed E-state index contributed by atoms with van der Waals surface area (Å²) < 4.78 is 1.43. The number of nitrogens with zero attached hydrogens (tertiary/aromatic N) is 3. The van der Waals surface area contributed by atoms with Gasteiger partial charge in [-0.05, 0) is 25.5 Å². The maximum absolute atomic E-state index is 12.2. The van der Waals surface area contributed by atoms with E-state index in [4.69, 9.17) is 23.2 Å². The number of anilines is 1. The van der Waals surface area contributed by atoms with Crippen molar-refractivity contribution in [2.75, 3.05) is 12.0 Å². The van der Waals surface area contributed by atoms with Crippen LogP contribution in [-0.4, -0.2) is 21.1 Å². The number of hydrazine groups is 1. The van der Waals surface area contributed by atoms with Gasteiger partial charge in [0.1, 0.15) is 0 Å². The van der Waals surface area contributed by atoms with Crippen molar-refractivity contribution in [3.05, 3.63) is 38.7 Å². The van der Waals surface area contributed by atoms with Gasteiger partial charge in [-0.3, -0.25) is 9.99 Å². The molecule has 0 saturated heterocycles. The van der Waals surface area contributed by atoms with Gasteiger partial charge in [0.15, 0.2) is 5.82 Å². The molecule has 2 rings (SSSR count). The van der Waals surface area contributed by atoms with Crippen molar-refractivity contribution in [3.63, 3.8) is 0 Å². The van der Waals surface area contributed by atoms with Crippen molar-refractivity contribution in [2.45, 2.75) is 26.8 Å². The number of aromatic nitrogens is 3. The number of hydrogen-bond donors (Lipinski definition) is 2. The molecule has 0 amide bonds. The van der Waals surface area contributed by atoms with Crippen molar-refractivity contribution < 1.29 is 0 Å². The van der Waals surface area contributed by atoms with Gasteiger partial charge in [0.05, 0.1) is 15.6 Å². The fraction of sp³-hybridized carbons (Fsp3) is 0.357. The first-order valence-corrected chi connectivity index (χ1v) is 7.76. The lowest BCUT2D eigenvalue weighted by Crippen LogP contribution is -2.30. The summed E-state index contributed by atoms with van der Waals surface area (Å²) in [4.78, 5) is 20.5. The lowest BCUT2D eigenvalue weighted by Gasteiger charge is -2.14. The molecule has 0 aliphatic carbocycles. The van der Waals surface area contributed by atoms with Crippen LogP contribution >= 0.6 is 23.2 Å². The summed E-state index contributed by atoms with van der Waals surface area (Å²) in [6.45, 7) is 5.00. The van der Waals surface area contributed by atoms with Gasteiger partial charge in [-0.25, -0.2) is 10.2 Å². The SMILES string of the molecule is CCCNNc1nc(-c2c(Cl)cccc2Cl)n(CC)c(=O)n1. The number of halogens is 2. The van der Waals surface area contributed by atoms with E-state index >= 15 is 0 Å². The molecular weight excluding hydrogens is 325 g/mol. The summed E-state index contributed by atoms with van der Waals surface area (Å²) in [6, 6.07) is 5.15. The van der Waals surface area contributed by atoms with E-state index in [9.17, 15) is 4.79 Å². The quantitative estimate of drug-likeness (QED) is 0.624. The number of rotatable bonds is 6. The third kappa shape index (κ3) is 3.58. The van der Waals surface area contributed by atoms with E-state index in [1.165, 1.54) is 4.57 Å². The monoisotopic (exact) mass is 341 g/mol. The molecule has 0 fully saturated rings. The molecule has 0 spiro atoms. The van der Waals surface area contributed by atoms with Crippen LogP contribution in [0.3, 0.4) is 0 Å².